The molecule has 0 aliphatic heterocycles. The van der Waals surface area contributed by atoms with Crippen LogP contribution < -0.4 is 14.8 Å². The fraction of sp³-hybridized carbons (Fsp3) is 0.323. The van der Waals surface area contributed by atoms with Crippen LogP contribution in [0.4, 0.5) is 0 Å². The molecule has 4 rings (SSSR count). The van der Waals surface area contributed by atoms with Crippen LogP contribution in [0.15, 0.2) is 79.1 Å². The van der Waals surface area contributed by atoms with Crippen molar-refractivity contribution in [3.05, 3.63) is 95.8 Å². The Hall–Kier alpha value is -4.21. The van der Waals surface area contributed by atoms with Crippen molar-refractivity contribution >= 4 is 5.97 Å². The third kappa shape index (κ3) is 7.68. The monoisotopic (exact) mass is 544 g/mol. The highest BCUT2D eigenvalue weighted by molar-refractivity contribution is 5.92. The molecule has 1 heterocycles. The molecule has 0 saturated heterocycles. The van der Waals surface area contributed by atoms with Crippen molar-refractivity contribution in [2.75, 3.05) is 20.8 Å². The van der Waals surface area contributed by atoms with E-state index in [9.17, 15) is 9.90 Å². The Morgan fingerprint density at radius 3 is 2.50 bits per heavy atom. The first-order valence-electron chi connectivity index (χ1n) is 13.1. The molecule has 210 valence electrons. The largest absolute Gasteiger partial charge is 0.497 e. The summed E-state index contributed by atoms with van der Waals surface area (Å²) in [6.07, 6.45) is 1.64. The predicted octanol–water partition coefficient (Wildman–Crippen LogP) is 4.81. The van der Waals surface area contributed by atoms with Gasteiger partial charge in [-0.1, -0.05) is 36.4 Å². The van der Waals surface area contributed by atoms with E-state index in [2.05, 4.69) is 29.2 Å². The van der Waals surface area contributed by atoms with Gasteiger partial charge in [0, 0.05) is 24.2 Å². The Morgan fingerprint density at radius 1 is 1.05 bits per heavy atom. The molecule has 9 nitrogen and oxygen atoms in total. The zero-order valence-corrected chi connectivity index (χ0v) is 23.3. The van der Waals surface area contributed by atoms with E-state index in [1.165, 1.54) is 7.11 Å². The standard InChI is InChI=1S/C31H36N4O5/c1-31(2,16-17-35-21-32-29(34-35)23-10-13-25(38-3)14-11-23)33-19-27(36)24-12-15-28(26(18-24)30(37)39-4)40-20-22-8-6-5-7-9-22/h5-15,18,21,27,33,36H,16-17,19-20H2,1-4H3. The number of esters is 1. The zero-order chi connectivity index (χ0) is 28.5. The third-order valence-electron chi connectivity index (χ3n) is 6.66. The van der Waals surface area contributed by atoms with Crippen LogP contribution in [0.5, 0.6) is 11.5 Å². The minimum Gasteiger partial charge on any atom is -0.497 e. The fourth-order valence-corrected chi connectivity index (χ4v) is 4.13. The lowest BCUT2D eigenvalue weighted by Crippen LogP contribution is -2.42. The average Bonchev–Trinajstić information content (AvgIpc) is 3.47. The van der Waals surface area contributed by atoms with Gasteiger partial charge in [0.05, 0.1) is 20.3 Å². The molecule has 0 aliphatic rings. The highest BCUT2D eigenvalue weighted by Crippen LogP contribution is 2.26. The summed E-state index contributed by atoms with van der Waals surface area (Å²) in [5, 5.41) is 18.9. The van der Waals surface area contributed by atoms with Crippen molar-refractivity contribution in [2.45, 2.75) is 45.1 Å². The molecule has 3 aromatic carbocycles. The van der Waals surface area contributed by atoms with Gasteiger partial charge in [0.2, 0.25) is 0 Å². The Balaban J connectivity index is 1.33. The van der Waals surface area contributed by atoms with Crippen LogP contribution in [-0.2, 0) is 17.9 Å². The SMILES string of the molecule is COC(=O)c1cc(C(O)CNC(C)(C)CCn2cnc(-c3ccc(OC)cc3)n2)ccc1OCc1ccccc1. The summed E-state index contributed by atoms with van der Waals surface area (Å²) in [5.74, 6) is 1.32. The summed E-state index contributed by atoms with van der Waals surface area (Å²) in [6, 6.07) is 22.4. The lowest BCUT2D eigenvalue weighted by molar-refractivity contribution is 0.0595. The summed E-state index contributed by atoms with van der Waals surface area (Å²) in [5.41, 5.74) is 2.47. The van der Waals surface area contributed by atoms with Gasteiger partial charge in [0.15, 0.2) is 5.82 Å². The number of ether oxygens (including phenoxy) is 3. The maximum absolute atomic E-state index is 12.5. The quantitative estimate of drug-likeness (QED) is 0.231. The number of carbonyl (C=O) groups excluding carboxylic acids is 1. The Labute approximate surface area is 234 Å². The predicted molar refractivity (Wildman–Crippen MR) is 152 cm³/mol. The second-order valence-electron chi connectivity index (χ2n) is 10.1. The van der Waals surface area contributed by atoms with Crippen LogP contribution in [-0.4, -0.2) is 52.1 Å². The van der Waals surface area contributed by atoms with E-state index < -0.39 is 12.1 Å². The van der Waals surface area contributed by atoms with Crippen molar-refractivity contribution in [1.29, 1.82) is 0 Å². The van der Waals surface area contributed by atoms with Crippen LogP contribution >= 0.6 is 0 Å². The Bertz CT molecular complexity index is 1390. The maximum Gasteiger partial charge on any atom is 0.341 e. The number of hydrogen-bond donors (Lipinski definition) is 2. The molecule has 0 amide bonds. The maximum atomic E-state index is 12.5. The molecular weight excluding hydrogens is 508 g/mol. The topological polar surface area (TPSA) is 108 Å². The van der Waals surface area contributed by atoms with Gasteiger partial charge in [-0.15, -0.1) is 0 Å². The number of aliphatic hydroxyl groups excluding tert-OH is 1. The number of rotatable bonds is 13. The molecule has 1 atom stereocenters. The van der Waals surface area contributed by atoms with E-state index in [1.807, 2.05) is 59.3 Å². The zero-order valence-electron chi connectivity index (χ0n) is 23.3. The second kappa shape index (κ2) is 13.2. The second-order valence-corrected chi connectivity index (χ2v) is 10.1. The molecular formula is C31H36N4O5. The fourth-order valence-electron chi connectivity index (χ4n) is 4.13. The van der Waals surface area contributed by atoms with Crippen LogP contribution in [0, 0.1) is 0 Å². The first-order chi connectivity index (χ1) is 19.3. The lowest BCUT2D eigenvalue weighted by atomic mass is 9.99. The minimum absolute atomic E-state index is 0.271. The molecule has 2 N–H and O–H groups in total. The van der Waals surface area contributed by atoms with Gasteiger partial charge >= 0.3 is 5.97 Å². The van der Waals surface area contributed by atoms with E-state index in [1.54, 1.807) is 31.6 Å². The number of benzene rings is 3. The average molecular weight is 545 g/mol. The first-order valence-corrected chi connectivity index (χ1v) is 13.1. The Morgan fingerprint density at radius 2 is 1.80 bits per heavy atom. The molecule has 0 spiro atoms. The molecule has 1 aromatic heterocycles. The molecule has 40 heavy (non-hydrogen) atoms. The third-order valence-corrected chi connectivity index (χ3v) is 6.66. The van der Waals surface area contributed by atoms with Crippen LogP contribution in [0.3, 0.4) is 0 Å². The highest BCUT2D eigenvalue weighted by Gasteiger charge is 2.22. The smallest absolute Gasteiger partial charge is 0.341 e. The van der Waals surface area contributed by atoms with E-state index in [0.717, 1.165) is 23.3 Å². The molecule has 0 bridgehead atoms. The minimum atomic E-state index is -0.834. The van der Waals surface area contributed by atoms with Crippen molar-refractivity contribution in [3.63, 3.8) is 0 Å². The summed E-state index contributed by atoms with van der Waals surface area (Å²) in [6.45, 7) is 5.41. The Kier molecular flexibility index (Phi) is 9.52. The molecule has 0 radical (unpaired) electrons. The summed E-state index contributed by atoms with van der Waals surface area (Å²) < 4.78 is 17.9. The highest BCUT2D eigenvalue weighted by atomic mass is 16.5. The van der Waals surface area contributed by atoms with Crippen LogP contribution in [0.1, 0.15) is 47.9 Å². The number of β-amino-alcohol motifs (C(OH)–C–C–N with tert-alkyl or cyclic N) is 1. The van der Waals surface area contributed by atoms with E-state index in [-0.39, 0.29) is 11.1 Å². The number of methoxy groups -OCH3 is 2. The van der Waals surface area contributed by atoms with Gasteiger partial charge in [-0.2, -0.15) is 5.10 Å². The van der Waals surface area contributed by atoms with Gasteiger partial charge in [-0.3, -0.25) is 4.68 Å². The first kappa shape index (κ1) is 28.8. The number of carbonyl (C=O) groups is 1. The van der Waals surface area contributed by atoms with Gasteiger partial charge in [0.1, 0.15) is 30.0 Å². The van der Waals surface area contributed by atoms with Gasteiger partial charge < -0.3 is 24.6 Å². The summed E-state index contributed by atoms with van der Waals surface area (Å²) >= 11 is 0. The van der Waals surface area contributed by atoms with Gasteiger partial charge in [0.25, 0.3) is 0 Å². The van der Waals surface area contributed by atoms with Crippen molar-refractivity contribution in [2.24, 2.45) is 0 Å². The number of aromatic nitrogens is 3. The molecule has 4 aromatic rings. The van der Waals surface area contributed by atoms with Gasteiger partial charge in [-0.25, -0.2) is 9.78 Å². The summed E-state index contributed by atoms with van der Waals surface area (Å²) in [4.78, 5) is 16.9. The molecule has 1 unspecified atom stereocenters. The van der Waals surface area contributed by atoms with Crippen LogP contribution in [0.25, 0.3) is 11.4 Å². The van der Waals surface area contributed by atoms with Crippen molar-refractivity contribution < 1.29 is 24.1 Å². The van der Waals surface area contributed by atoms with Crippen LogP contribution in [0.2, 0.25) is 0 Å². The number of aliphatic hydroxyl groups is 1. The number of nitrogens with zero attached hydrogens (tertiary/aromatic N) is 3. The normalized spacial score (nSPS) is 12.1. The summed E-state index contributed by atoms with van der Waals surface area (Å²) in [7, 11) is 2.96. The molecule has 9 heteroatoms. The number of nitrogens with one attached hydrogen (secondary N) is 1. The number of hydrogen-bond acceptors (Lipinski definition) is 8. The molecule has 0 fully saturated rings. The number of aryl methyl sites for hydroxylation is 1. The van der Waals surface area contributed by atoms with E-state index >= 15 is 0 Å². The molecule has 0 aliphatic carbocycles. The van der Waals surface area contributed by atoms with E-state index in [4.69, 9.17) is 14.2 Å². The van der Waals surface area contributed by atoms with E-state index in [0.29, 0.717) is 36.8 Å². The van der Waals surface area contributed by atoms with Crippen molar-refractivity contribution in [3.8, 4) is 22.9 Å². The van der Waals surface area contributed by atoms with Gasteiger partial charge in [-0.05, 0) is 67.8 Å². The lowest BCUT2D eigenvalue weighted by Gasteiger charge is -2.28. The van der Waals surface area contributed by atoms with Crippen molar-refractivity contribution in [1.82, 2.24) is 20.1 Å². The molecule has 0 saturated carbocycles.